The standard InChI is InChI=1S/C13H28N2S/c1-6-11(2)12-9-14-13(3,4)10-15(12)7-8-16-5/h11-12,14H,6-10H2,1-5H3. The Balaban J connectivity index is 2.60. The van der Waals surface area contributed by atoms with E-state index in [4.69, 9.17) is 0 Å². The van der Waals surface area contributed by atoms with Crippen LogP contribution >= 0.6 is 11.8 Å². The minimum atomic E-state index is 0.280. The monoisotopic (exact) mass is 244 g/mol. The Labute approximate surface area is 106 Å². The van der Waals surface area contributed by atoms with E-state index >= 15 is 0 Å². The molecule has 1 N–H and O–H groups in total. The second kappa shape index (κ2) is 6.27. The van der Waals surface area contributed by atoms with E-state index in [-0.39, 0.29) is 5.54 Å². The molecule has 1 saturated heterocycles. The van der Waals surface area contributed by atoms with Crippen LogP contribution in [0.5, 0.6) is 0 Å². The van der Waals surface area contributed by atoms with Gasteiger partial charge in [-0.25, -0.2) is 0 Å². The average Bonchev–Trinajstić information content (AvgIpc) is 2.24. The lowest BCUT2D eigenvalue weighted by Gasteiger charge is -2.46. The Morgan fingerprint density at radius 1 is 1.50 bits per heavy atom. The van der Waals surface area contributed by atoms with E-state index in [0.717, 1.165) is 18.5 Å². The summed E-state index contributed by atoms with van der Waals surface area (Å²) < 4.78 is 0. The smallest absolute Gasteiger partial charge is 0.0252 e. The number of hydrogen-bond acceptors (Lipinski definition) is 3. The van der Waals surface area contributed by atoms with Gasteiger partial charge in [0.2, 0.25) is 0 Å². The summed E-state index contributed by atoms with van der Waals surface area (Å²) in [5.41, 5.74) is 0.280. The molecule has 0 radical (unpaired) electrons. The summed E-state index contributed by atoms with van der Waals surface area (Å²) >= 11 is 1.95. The Bertz CT molecular complexity index is 206. The van der Waals surface area contributed by atoms with Gasteiger partial charge < -0.3 is 5.32 Å². The molecule has 1 aliphatic rings. The van der Waals surface area contributed by atoms with Crippen molar-refractivity contribution in [1.82, 2.24) is 10.2 Å². The van der Waals surface area contributed by atoms with Crippen LogP contribution in [0, 0.1) is 5.92 Å². The van der Waals surface area contributed by atoms with Crippen LogP contribution in [0.15, 0.2) is 0 Å². The first-order valence-electron chi connectivity index (χ1n) is 6.48. The molecule has 2 unspecified atom stereocenters. The number of thioether (sulfide) groups is 1. The number of hydrogen-bond donors (Lipinski definition) is 1. The van der Waals surface area contributed by atoms with Crippen LogP contribution in [-0.4, -0.2) is 48.1 Å². The molecule has 1 rings (SSSR count). The first-order valence-corrected chi connectivity index (χ1v) is 7.87. The molecule has 0 aliphatic carbocycles. The minimum Gasteiger partial charge on any atom is -0.309 e. The predicted octanol–water partition coefficient (Wildman–Crippen LogP) is 2.45. The maximum atomic E-state index is 3.68. The van der Waals surface area contributed by atoms with E-state index in [0.29, 0.717) is 0 Å². The predicted molar refractivity (Wildman–Crippen MR) is 75.3 cm³/mol. The molecular weight excluding hydrogens is 216 g/mol. The third kappa shape index (κ3) is 3.94. The maximum Gasteiger partial charge on any atom is 0.0252 e. The van der Waals surface area contributed by atoms with Crippen molar-refractivity contribution in [2.24, 2.45) is 5.92 Å². The van der Waals surface area contributed by atoms with Gasteiger partial charge in [-0.1, -0.05) is 20.3 Å². The van der Waals surface area contributed by atoms with Gasteiger partial charge in [0.25, 0.3) is 0 Å². The van der Waals surface area contributed by atoms with Crippen LogP contribution < -0.4 is 5.32 Å². The molecule has 2 nitrogen and oxygen atoms in total. The van der Waals surface area contributed by atoms with Gasteiger partial charge in [-0.3, -0.25) is 4.90 Å². The summed E-state index contributed by atoms with van der Waals surface area (Å²) in [6, 6.07) is 0.727. The van der Waals surface area contributed by atoms with Gasteiger partial charge in [-0.05, 0) is 26.0 Å². The van der Waals surface area contributed by atoms with Crippen molar-refractivity contribution in [3.8, 4) is 0 Å². The number of rotatable bonds is 5. The Morgan fingerprint density at radius 3 is 2.75 bits per heavy atom. The van der Waals surface area contributed by atoms with Gasteiger partial charge >= 0.3 is 0 Å². The average molecular weight is 244 g/mol. The van der Waals surface area contributed by atoms with Gasteiger partial charge in [-0.2, -0.15) is 11.8 Å². The quantitative estimate of drug-likeness (QED) is 0.800. The van der Waals surface area contributed by atoms with Crippen molar-refractivity contribution in [2.75, 3.05) is 31.6 Å². The normalized spacial score (nSPS) is 27.9. The van der Waals surface area contributed by atoms with E-state index in [9.17, 15) is 0 Å². The van der Waals surface area contributed by atoms with Gasteiger partial charge in [0, 0.05) is 37.0 Å². The molecular formula is C13H28N2S. The molecule has 1 aliphatic heterocycles. The second-order valence-corrected chi connectivity index (χ2v) is 6.67. The molecule has 1 heterocycles. The van der Waals surface area contributed by atoms with Crippen molar-refractivity contribution in [3.63, 3.8) is 0 Å². The van der Waals surface area contributed by atoms with E-state index in [2.05, 4.69) is 44.2 Å². The molecule has 96 valence electrons. The lowest BCUT2D eigenvalue weighted by Crippen LogP contribution is -2.63. The third-order valence-electron chi connectivity index (χ3n) is 3.74. The lowest BCUT2D eigenvalue weighted by molar-refractivity contribution is 0.0697. The zero-order valence-electron chi connectivity index (χ0n) is 11.5. The summed E-state index contributed by atoms with van der Waals surface area (Å²) in [6.07, 6.45) is 3.48. The van der Waals surface area contributed by atoms with E-state index in [1.54, 1.807) is 0 Å². The Kier molecular flexibility index (Phi) is 5.62. The van der Waals surface area contributed by atoms with Crippen molar-refractivity contribution >= 4 is 11.8 Å². The molecule has 2 atom stereocenters. The zero-order valence-corrected chi connectivity index (χ0v) is 12.4. The highest BCUT2D eigenvalue weighted by Crippen LogP contribution is 2.22. The first-order chi connectivity index (χ1) is 7.50. The highest BCUT2D eigenvalue weighted by Gasteiger charge is 2.34. The molecule has 3 heteroatoms. The molecule has 0 saturated carbocycles. The molecule has 0 bridgehead atoms. The SMILES string of the molecule is CCC(C)C1CNC(C)(C)CN1CCSC. The second-order valence-electron chi connectivity index (χ2n) is 5.68. The van der Waals surface area contributed by atoms with Crippen molar-refractivity contribution in [1.29, 1.82) is 0 Å². The fraction of sp³-hybridized carbons (Fsp3) is 1.00. The highest BCUT2D eigenvalue weighted by atomic mass is 32.2. The fourth-order valence-corrected chi connectivity index (χ4v) is 2.89. The summed E-state index contributed by atoms with van der Waals surface area (Å²) in [7, 11) is 0. The van der Waals surface area contributed by atoms with E-state index < -0.39 is 0 Å². The van der Waals surface area contributed by atoms with Gasteiger partial charge in [0.1, 0.15) is 0 Å². The van der Waals surface area contributed by atoms with Crippen LogP contribution in [-0.2, 0) is 0 Å². The molecule has 1 fully saturated rings. The molecule has 0 amide bonds. The zero-order chi connectivity index (χ0) is 12.2. The van der Waals surface area contributed by atoms with Crippen LogP contribution in [0.2, 0.25) is 0 Å². The molecule has 0 aromatic heterocycles. The molecule has 0 aromatic rings. The number of nitrogens with one attached hydrogen (secondary N) is 1. The maximum absolute atomic E-state index is 3.68. The summed E-state index contributed by atoms with van der Waals surface area (Å²) in [5, 5.41) is 3.68. The largest absolute Gasteiger partial charge is 0.309 e. The van der Waals surface area contributed by atoms with Crippen LogP contribution in [0.4, 0.5) is 0 Å². The fourth-order valence-electron chi connectivity index (χ4n) is 2.48. The van der Waals surface area contributed by atoms with Crippen molar-refractivity contribution in [3.05, 3.63) is 0 Å². The van der Waals surface area contributed by atoms with Crippen LogP contribution in [0.25, 0.3) is 0 Å². The van der Waals surface area contributed by atoms with Gasteiger partial charge in [0.15, 0.2) is 0 Å². The third-order valence-corrected chi connectivity index (χ3v) is 4.33. The number of piperazine rings is 1. The Morgan fingerprint density at radius 2 is 2.19 bits per heavy atom. The van der Waals surface area contributed by atoms with Crippen molar-refractivity contribution in [2.45, 2.75) is 45.7 Å². The lowest BCUT2D eigenvalue weighted by atomic mass is 9.91. The van der Waals surface area contributed by atoms with Gasteiger partial charge in [-0.15, -0.1) is 0 Å². The van der Waals surface area contributed by atoms with Crippen LogP contribution in [0.3, 0.4) is 0 Å². The highest BCUT2D eigenvalue weighted by molar-refractivity contribution is 7.98. The van der Waals surface area contributed by atoms with Gasteiger partial charge in [0.05, 0.1) is 0 Å². The Hall–Kier alpha value is 0.270. The minimum absolute atomic E-state index is 0.280. The summed E-state index contributed by atoms with van der Waals surface area (Å²) in [6.45, 7) is 12.9. The molecule has 0 spiro atoms. The molecule has 16 heavy (non-hydrogen) atoms. The summed E-state index contributed by atoms with van der Waals surface area (Å²) in [5.74, 6) is 2.05. The molecule has 0 aromatic carbocycles. The topological polar surface area (TPSA) is 15.3 Å². The van der Waals surface area contributed by atoms with Crippen molar-refractivity contribution < 1.29 is 0 Å². The summed E-state index contributed by atoms with van der Waals surface area (Å²) in [4.78, 5) is 2.70. The van der Waals surface area contributed by atoms with E-state index in [1.165, 1.54) is 25.3 Å². The van der Waals surface area contributed by atoms with Crippen LogP contribution in [0.1, 0.15) is 34.1 Å². The number of nitrogens with zero attached hydrogens (tertiary/aromatic N) is 1. The van der Waals surface area contributed by atoms with E-state index in [1.807, 2.05) is 11.8 Å². The first kappa shape index (κ1) is 14.3.